The second-order valence-electron chi connectivity index (χ2n) is 5.63. The van der Waals surface area contributed by atoms with Crippen LogP contribution in [0.5, 0.6) is 5.75 Å². The van der Waals surface area contributed by atoms with Gasteiger partial charge in [0.2, 0.25) is 0 Å². The maximum atomic E-state index is 5.54. The van der Waals surface area contributed by atoms with E-state index in [9.17, 15) is 0 Å². The van der Waals surface area contributed by atoms with Crippen molar-refractivity contribution in [1.82, 2.24) is 5.32 Å². The highest BCUT2D eigenvalue weighted by Gasteiger charge is 2.23. The van der Waals surface area contributed by atoms with Crippen molar-refractivity contribution in [3.05, 3.63) is 29.3 Å². The number of methoxy groups -OCH3 is 1. The van der Waals surface area contributed by atoms with E-state index in [0.29, 0.717) is 6.04 Å². The molecule has 1 aliphatic heterocycles. The summed E-state index contributed by atoms with van der Waals surface area (Å²) >= 11 is 0. The van der Waals surface area contributed by atoms with Gasteiger partial charge in [-0.2, -0.15) is 0 Å². The van der Waals surface area contributed by atoms with Gasteiger partial charge < -0.3 is 10.1 Å². The number of benzene rings is 1. The van der Waals surface area contributed by atoms with Gasteiger partial charge in [-0.05, 0) is 49.8 Å². The van der Waals surface area contributed by atoms with Gasteiger partial charge in [0.25, 0.3) is 0 Å². The van der Waals surface area contributed by atoms with Gasteiger partial charge >= 0.3 is 0 Å². The SMILES string of the molecule is COc1ccc(C2CCCC2)cc1C1CCCN1. The molecular formula is C16H23NO. The lowest BCUT2D eigenvalue weighted by Crippen LogP contribution is -2.14. The van der Waals surface area contributed by atoms with Gasteiger partial charge in [-0.1, -0.05) is 25.0 Å². The summed E-state index contributed by atoms with van der Waals surface area (Å²) in [5.41, 5.74) is 2.90. The first-order valence-corrected chi connectivity index (χ1v) is 7.29. The minimum Gasteiger partial charge on any atom is -0.496 e. The van der Waals surface area contributed by atoms with Crippen molar-refractivity contribution >= 4 is 0 Å². The topological polar surface area (TPSA) is 21.3 Å². The third kappa shape index (κ3) is 2.26. The van der Waals surface area contributed by atoms with Crippen molar-refractivity contribution in [2.24, 2.45) is 0 Å². The van der Waals surface area contributed by atoms with Crippen molar-refractivity contribution < 1.29 is 4.74 Å². The molecule has 2 fully saturated rings. The normalized spacial score (nSPS) is 24.6. The van der Waals surface area contributed by atoms with Crippen LogP contribution in [0.3, 0.4) is 0 Å². The molecule has 98 valence electrons. The van der Waals surface area contributed by atoms with Crippen LogP contribution in [0.2, 0.25) is 0 Å². The van der Waals surface area contributed by atoms with Crippen LogP contribution in [-0.2, 0) is 0 Å². The van der Waals surface area contributed by atoms with Crippen LogP contribution in [0.1, 0.15) is 61.6 Å². The second-order valence-corrected chi connectivity index (χ2v) is 5.63. The molecule has 1 aliphatic carbocycles. The summed E-state index contributed by atoms with van der Waals surface area (Å²) in [7, 11) is 1.78. The van der Waals surface area contributed by atoms with E-state index in [2.05, 4.69) is 23.5 Å². The molecule has 1 aromatic rings. The van der Waals surface area contributed by atoms with E-state index >= 15 is 0 Å². The number of hydrogen-bond acceptors (Lipinski definition) is 2. The largest absolute Gasteiger partial charge is 0.496 e. The minimum absolute atomic E-state index is 0.501. The zero-order chi connectivity index (χ0) is 12.4. The Bertz CT molecular complexity index is 404. The number of nitrogens with one attached hydrogen (secondary N) is 1. The molecule has 1 heterocycles. The van der Waals surface area contributed by atoms with Crippen LogP contribution < -0.4 is 10.1 Å². The zero-order valence-electron chi connectivity index (χ0n) is 11.2. The Labute approximate surface area is 110 Å². The van der Waals surface area contributed by atoms with E-state index in [-0.39, 0.29) is 0 Å². The highest BCUT2D eigenvalue weighted by Crippen LogP contribution is 2.38. The van der Waals surface area contributed by atoms with Gasteiger partial charge in [0.15, 0.2) is 0 Å². The molecule has 2 nitrogen and oxygen atoms in total. The molecule has 1 saturated heterocycles. The highest BCUT2D eigenvalue weighted by atomic mass is 16.5. The summed E-state index contributed by atoms with van der Waals surface area (Å²) in [6.07, 6.45) is 8.04. The Balaban J connectivity index is 1.90. The molecule has 3 rings (SSSR count). The summed E-state index contributed by atoms with van der Waals surface area (Å²) in [4.78, 5) is 0. The molecule has 1 unspecified atom stereocenters. The van der Waals surface area contributed by atoms with Gasteiger partial charge in [-0.25, -0.2) is 0 Å². The van der Waals surface area contributed by atoms with E-state index in [1.807, 2.05) is 0 Å². The van der Waals surface area contributed by atoms with Gasteiger partial charge in [0.05, 0.1) is 7.11 Å². The predicted octanol–water partition coefficient (Wildman–Crippen LogP) is 3.78. The van der Waals surface area contributed by atoms with Crippen molar-refractivity contribution in [3.63, 3.8) is 0 Å². The van der Waals surface area contributed by atoms with E-state index < -0.39 is 0 Å². The molecule has 0 radical (unpaired) electrons. The summed E-state index contributed by atoms with van der Waals surface area (Å²) in [5.74, 6) is 1.84. The molecule has 18 heavy (non-hydrogen) atoms. The monoisotopic (exact) mass is 245 g/mol. The average Bonchev–Trinajstić information content (AvgIpc) is 3.11. The van der Waals surface area contributed by atoms with Crippen LogP contribution in [0.25, 0.3) is 0 Å². The molecular weight excluding hydrogens is 222 g/mol. The fourth-order valence-corrected chi connectivity index (χ4v) is 3.49. The Kier molecular flexibility index (Phi) is 3.55. The second kappa shape index (κ2) is 5.31. The van der Waals surface area contributed by atoms with Crippen molar-refractivity contribution in [1.29, 1.82) is 0 Å². The molecule has 0 spiro atoms. The molecule has 1 N–H and O–H groups in total. The molecule has 1 atom stereocenters. The molecule has 0 amide bonds. The van der Waals surface area contributed by atoms with Gasteiger partial charge in [-0.3, -0.25) is 0 Å². The summed E-state index contributed by atoms with van der Waals surface area (Å²) in [6.45, 7) is 1.14. The number of ether oxygens (including phenoxy) is 1. The van der Waals surface area contributed by atoms with Crippen LogP contribution in [0, 0.1) is 0 Å². The summed E-state index contributed by atoms with van der Waals surface area (Å²) < 4.78 is 5.54. The van der Waals surface area contributed by atoms with Gasteiger partial charge in [0.1, 0.15) is 5.75 Å². The lowest BCUT2D eigenvalue weighted by Gasteiger charge is -2.18. The Morgan fingerprint density at radius 1 is 1.11 bits per heavy atom. The lowest BCUT2D eigenvalue weighted by atomic mass is 9.93. The minimum atomic E-state index is 0.501. The number of rotatable bonds is 3. The first-order chi connectivity index (χ1) is 8.88. The first kappa shape index (κ1) is 12.0. The van der Waals surface area contributed by atoms with E-state index in [1.54, 1.807) is 7.11 Å². The zero-order valence-corrected chi connectivity index (χ0v) is 11.2. The van der Waals surface area contributed by atoms with E-state index in [4.69, 9.17) is 4.74 Å². The maximum Gasteiger partial charge on any atom is 0.123 e. The van der Waals surface area contributed by atoms with Gasteiger partial charge in [0, 0.05) is 11.6 Å². The Morgan fingerprint density at radius 3 is 2.61 bits per heavy atom. The van der Waals surface area contributed by atoms with Crippen LogP contribution in [0.4, 0.5) is 0 Å². The van der Waals surface area contributed by atoms with E-state index in [1.165, 1.54) is 49.7 Å². The Morgan fingerprint density at radius 2 is 1.94 bits per heavy atom. The third-order valence-corrected chi connectivity index (χ3v) is 4.52. The average molecular weight is 245 g/mol. The quantitative estimate of drug-likeness (QED) is 0.875. The predicted molar refractivity (Wildman–Crippen MR) is 74.2 cm³/mol. The summed E-state index contributed by atoms with van der Waals surface area (Å²) in [6, 6.07) is 7.34. The third-order valence-electron chi connectivity index (χ3n) is 4.52. The fraction of sp³-hybridized carbons (Fsp3) is 0.625. The molecule has 1 saturated carbocycles. The first-order valence-electron chi connectivity index (χ1n) is 7.29. The molecule has 0 aromatic heterocycles. The smallest absolute Gasteiger partial charge is 0.123 e. The molecule has 1 aromatic carbocycles. The summed E-state index contributed by atoms with van der Waals surface area (Å²) in [5, 5.41) is 3.59. The van der Waals surface area contributed by atoms with Crippen molar-refractivity contribution in [2.45, 2.75) is 50.5 Å². The van der Waals surface area contributed by atoms with Crippen molar-refractivity contribution in [2.75, 3.05) is 13.7 Å². The number of hydrogen-bond donors (Lipinski definition) is 1. The molecule has 0 bridgehead atoms. The van der Waals surface area contributed by atoms with Crippen LogP contribution in [0.15, 0.2) is 18.2 Å². The molecule has 2 heteroatoms. The van der Waals surface area contributed by atoms with Crippen LogP contribution in [-0.4, -0.2) is 13.7 Å². The van der Waals surface area contributed by atoms with Crippen LogP contribution >= 0.6 is 0 Å². The molecule has 2 aliphatic rings. The maximum absolute atomic E-state index is 5.54. The van der Waals surface area contributed by atoms with E-state index in [0.717, 1.165) is 18.2 Å². The van der Waals surface area contributed by atoms with Crippen molar-refractivity contribution in [3.8, 4) is 5.75 Å². The fourth-order valence-electron chi connectivity index (χ4n) is 3.49. The van der Waals surface area contributed by atoms with Gasteiger partial charge in [-0.15, -0.1) is 0 Å². The standard InChI is InChI=1S/C16H23NO/c1-18-16-9-8-13(12-5-2-3-6-12)11-14(16)15-7-4-10-17-15/h8-9,11-12,15,17H,2-7,10H2,1H3. The Hall–Kier alpha value is -1.02. The lowest BCUT2D eigenvalue weighted by molar-refractivity contribution is 0.403. The highest BCUT2D eigenvalue weighted by molar-refractivity contribution is 5.41.